The zero-order chi connectivity index (χ0) is 17.9. The molecule has 4 rings (SSSR count). The molecule has 1 saturated heterocycles. The molecule has 0 spiro atoms. The van der Waals surface area contributed by atoms with E-state index in [1.54, 1.807) is 10.6 Å². The quantitative estimate of drug-likeness (QED) is 0.750. The van der Waals surface area contributed by atoms with Crippen molar-refractivity contribution >= 4 is 10.9 Å². The Morgan fingerprint density at radius 1 is 1.19 bits per heavy atom. The number of aromatic nitrogens is 4. The van der Waals surface area contributed by atoms with E-state index >= 15 is 0 Å². The molecule has 1 aliphatic rings. The maximum Gasteiger partial charge on any atom is 0.261 e. The van der Waals surface area contributed by atoms with Crippen molar-refractivity contribution in [1.29, 1.82) is 0 Å². The number of hydrogen-bond donors (Lipinski definition) is 1. The summed E-state index contributed by atoms with van der Waals surface area (Å²) in [6, 6.07) is 7.43. The third kappa shape index (κ3) is 3.11. The summed E-state index contributed by atoms with van der Waals surface area (Å²) >= 11 is 0. The van der Waals surface area contributed by atoms with E-state index in [-0.39, 0.29) is 24.8 Å². The van der Waals surface area contributed by atoms with Crippen LogP contribution in [-0.2, 0) is 13.1 Å². The van der Waals surface area contributed by atoms with Crippen molar-refractivity contribution in [3.05, 3.63) is 64.7 Å². The highest BCUT2D eigenvalue weighted by atomic mass is 16.3. The number of para-hydroxylation sites is 1. The molecule has 0 aliphatic carbocycles. The molecule has 1 aromatic carbocycles. The molecule has 2 aromatic heterocycles. The maximum absolute atomic E-state index is 12.9. The van der Waals surface area contributed by atoms with E-state index < -0.39 is 0 Å². The van der Waals surface area contributed by atoms with Crippen LogP contribution < -0.4 is 5.56 Å². The molecule has 3 heterocycles. The van der Waals surface area contributed by atoms with Crippen molar-refractivity contribution in [2.24, 2.45) is 0 Å². The van der Waals surface area contributed by atoms with Gasteiger partial charge < -0.3 is 5.11 Å². The summed E-state index contributed by atoms with van der Waals surface area (Å²) in [5, 5.41) is 10.1. The maximum atomic E-state index is 12.9. The number of aliphatic hydroxyl groups excluding tert-OH is 1. The van der Waals surface area contributed by atoms with Gasteiger partial charge in [0, 0.05) is 24.5 Å². The summed E-state index contributed by atoms with van der Waals surface area (Å²) in [4.78, 5) is 28.2. The third-order valence-electron chi connectivity index (χ3n) is 4.88. The predicted molar refractivity (Wildman–Crippen MR) is 97.5 cm³/mol. The summed E-state index contributed by atoms with van der Waals surface area (Å²) in [7, 11) is 0. The molecule has 7 heteroatoms. The number of likely N-dealkylation sites (tertiary alicyclic amines) is 1. The third-order valence-corrected chi connectivity index (χ3v) is 4.88. The van der Waals surface area contributed by atoms with Gasteiger partial charge in [0.2, 0.25) is 0 Å². The van der Waals surface area contributed by atoms with Gasteiger partial charge in [0.25, 0.3) is 5.56 Å². The van der Waals surface area contributed by atoms with Crippen LogP contribution in [0.4, 0.5) is 0 Å². The summed E-state index contributed by atoms with van der Waals surface area (Å²) in [6.45, 7) is 1.81. The van der Waals surface area contributed by atoms with E-state index in [0.717, 1.165) is 30.8 Å². The van der Waals surface area contributed by atoms with Gasteiger partial charge in [-0.05, 0) is 31.5 Å². The second kappa shape index (κ2) is 7.31. The van der Waals surface area contributed by atoms with Crippen LogP contribution in [0.5, 0.6) is 0 Å². The molecule has 134 valence electrons. The van der Waals surface area contributed by atoms with Crippen LogP contribution in [0, 0.1) is 0 Å². The number of aliphatic hydroxyl groups is 1. The van der Waals surface area contributed by atoms with Gasteiger partial charge in [-0.1, -0.05) is 12.1 Å². The number of hydrogen-bond acceptors (Lipinski definition) is 6. The molecule has 0 saturated carbocycles. The van der Waals surface area contributed by atoms with Gasteiger partial charge in [-0.25, -0.2) is 15.0 Å². The van der Waals surface area contributed by atoms with Crippen molar-refractivity contribution in [2.45, 2.75) is 32.0 Å². The Hall–Kier alpha value is -2.64. The van der Waals surface area contributed by atoms with E-state index in [0.29, 0.717) is 17.4 Å². The van der Waals surface area contributed by atoms with Crippen molar-refractivity contribution in [1.82, 2.24) is 24.4 Å². The molecule has 0 radical (unpaired) electrons. The lowest BCUT2D eigenvalue weighted by atomic mass is 10.1. The van der Waals surface area contributed by atoms with E-state index in [1.165, 1.54) is 6.33 Å². The van der Waals surface area contributed by atoms with E-state index in [2.05, 4.69) is 14.9 Å². The average molecular weight is 351 g/mol. The van der Waals surface area contributed by atoms with E-state index in [4.69, 9.17) is 4.98 Å². The lowest BCUT2D eigenvalue weighted by molar-refractivity contribution is 0.223. The predicted octanol–water partition coefficient (Wildman–Crippen LogP) is 1.52. The zero-order valence-electron chi connectivity index (χ0n) is 14.5. The fraction of sp³-hybridized carbons (Fsp3) is 0.368. The van der Waals surface area contributed by atoms with Gasteiger partial charge in [-0.15, -0.1) is 0 Å². The normalized spacial score (nSPS) is 17.8. The van der Waals surface area contributed by atoms with Gasteiger partial charge in [-0.2, -0.15) is 0 Å². The molecule has 1 aliphatic heterocycles. The minimum absolute atomic E-state index is 0.0408. The van der Waals surface area contributed by atoms with Crippen molar-refractivity contribution < 1.29 is 5.11 Å². The lowest BCUT2D eigenvalue weighted by Crippen LogP contribution is -2.33. The molecule has 1 unspecified atom stereocenters. The monoisotopic (exact) mass is 351 g/mol. The van der Waals surface area contributed by atoms with Gasteiger partial charge in [0.05, 0.1) is 30.1 Å². The van der Waals surface area contributed by atoms with Gasteiger partial charge in [0.15, 0.2) is 0 Å². The summed E-state index contributed by atoms with van der Waals surface area (Å²) < 4.78 is 1.63. The first-order valence-electron chi connectivity index (χ1n) is 8.86. The number of fused-ring (bicyclic) bond motifs is 1. The summed E-state index contributed by atoms with van der Waals surface area (Å²) in [6.07, 6.45) is 7.13. The zero-order valence-corrected chi connectivity index (χ0v) is 14.5. The molecule has 7 nitrogen and oxygen atoms in total. The molecular formula is C19H21N5O2. The average Bonchev–Trinajstić information content (AvgIpc) is 3.13. The highest BCUT2D eigenvalue weighted by molar-refractivity contribution is 5.77. The highest BCUT2D eigenvalue weighted by Gasteiger charge is 2.30. The Labute approximate surface area is 151 Å². The molecule has 0 bridgehead atoms. The number of rotatable bonds is 5. The first-order chi connectivity index (χ1) is 12.8. The smallest absolute Gasteiger partial charge is 0.261 e. The molecule has 3 aromatic rings. The molecular weight excluding hydrogens is 330 g/mol. The van der Waals surface area contributed by atoms with E-state index in [1.807, 2.05) is 30.6 Å². The van der Waals surface area contributed by atoms with Gasteiger partial charge >= 0.3 is 0 Å². The van der Waals surface area contributed by atoms with Crippen molar-refractivity contribution in [2.75, 3.05) is 13.2 Å². The SMILES string of the molecule is O=c1c2ccccc2nc(C2CCCN2Cc2cncnc2)n1CCO. The molecule has 1 fully saturated rings. The van der Waals surface area contributed by atoms with Gasteiger partial charge in [0.1, 0.15) is 12.2 Å². The van der Waals surface area contributed by atoms with Crippen molar-refractivity contribution in [3.8, 4) is 0 Å². The van der Waals surface area contributed by atoms with Crippen LogP contribution in [-0.4, -0.2) is 42.7 Å². The van der Waals surface area contributed by atoms with Crippen LogP contribution in [0.15, 0.2) is 47.8 Å². The minimum Gasteiger partial charge on any atom is -0.395 e. The van der Waals surface area contributed by atoms with E-state index in [9.17, 15) is 9.90 Å². The van der Waals surface area contributed by atoms with Crippen LogP contribution in [0.2, 0.25) is 0 Å². The standard InChI is InChI=1S/C19H21N5O2/c25-9-8-24-18(22-16-5-2-1-4-15(16)19(24)26)17-6-3-7-23(17)12-14-10-20-13-21-11-14/h1-2,4-5,10-11,13,17,25H,3,6-9,12H2. The van der Waals surface area contributed by atoms with Gasteiger partial charge in [-0.3, -0.25) is 14.3 Å². The van der Waals surface area contributed by atoms with Crippen LogP contribution in [0.3, 0.4) is 0 Å². The fourth-order valence-electron chi connectivity index (χ4n) is 3.71. The number of benzene rings is 1. The fourth-order valence-corrected chi connectivity index (χ4v) is 3.71. The van der Waals surface area contributed by atoms with Crippen LogP contribution >= 0.6 is 0 Å². The highest BCUT2D eigenvalue weighted by Crippen LogP contribution is 2.32. The first-order valence-corrected chi connectivity index (χ1v) is 8.86. The topological polar surface area (TPSA) is 84.1 Å². The molecule has 26 heavy (non-hydrogen) atoms. The molecule has 1 N–H and O–H groups in total. The Morgan fingerprint density at radius 3 is 2.81 bits per heavy atom. The lowest BCUT2D eigenvalue weighted by Gasteiger charge is -2.26. The van der Waals surface area contributed by atoms with Crippen LogP contribution in [0.25, 0.3) is 10.9 Å². The second-order valence-electron chi connectivity index (χ2n) is 6.54. The van der Waals surface area contributed by atoms with Crippen LogP contribution in [0.1, 0.15) is 30.3 Å². The summed E-state index contributed by atoms with van der Waals surface area (Å²) in [5.74, 6) is 0.733. The number of nitrogens with zero attached hydrogens (tertiary/aromatic N) is 5. The Morgan fingerprint density at radius 2 is 2.00 bits per heavy atom. The molecule has 1 atom stereocenters. The Kier molecular flexibility index (Phi) is 4.73. The summed E-state index contributed by atoms with van der Waals surface area (Å²) in [5.41, 5.74) is 1.65. The molecule has 0 amide bonds. The Balaban J connectivity index is 1.76. The van der Waals surface area contributed by atoms with Crippen molar-refractivity contribution in [3.63, 3.8) is 0 Å². The Bertz CT molecular complexity index is 957. The second-order valence-corrected chi connectivity index (χ2v) is 6.54. The largest absolute Gasteiger partial charge is 0.395 e. The first kappa shape index (κ1) is 16.8. The minimum atomic E-state index is -0.0911.